The van der Waals surface area contributed by atoms with Crippen LogP contribution in [0.5, 0.6) is 0 Å². The highest BCUT2D eigenvalue weighted by atomic mass is 16.5. The molecule has 18 heavy (non-hydrogen) atoms. The van der Waals surface area contributed by atoms with Crippen LogP contribution in [0.3, 0.4) is 0 Å². The molecule has 1 rings (SSSR count). The molecule has 0 aliphatic rings. The Morgan fingerprint density at radius 1 is 1.56 bits per heavy atom. The Morgan fingerprint density at radius 2 is 2.28 bits per heavy atom. The molecule has 0 N–H and O–H groups in total. The Kier molecular flexibility index (Phi) is 5.49. The lowest BCUT2D eigenvalue weighted by Gasteiger charge is -2.17. The van der Waals surface area contributed by atoms with Crippen molar-refractivity contribution in [1.29, 1.82) is 0 Å². The van der Waals surface area contributed by atoms with Gasteiger partial charge in [0, 0.05) is 18.3 Å². The molecule has 0 amide bonds. The number of ether oxygens (including phenoxy) is 1. The quantitative estimate of drug-likeness (QED) is 0.574. The van der Waals surface area contributed by atoms with Gasteiger partial charge < -0.3 is 9.53 Å². The minimum atomic E-state index is -0.399. The highest BCUT2D eigenvalue weighted by Gasteiger charge is 2.19. The van der Waals surface area contributed by atoms with Gasteiger partial charge in [-0.1, -0.05) is 13.3 Å². The van der Waals surface area contributed by atoms with E-state index in [2.05, 4.69) is 11.9 Å². The molecule has 0 radical (unpaired) electrons. The van der Waals surface area contributed by atoms with E-state index in [1.54, 1.807) is 0 Å². The number of carbonyl (C=O) groups is 2. The van der Waals surface area contributed by atoms with Crippen molar-refractivity contribution in [3.63, 3.8) is 0 Å². The zero-order chi connectivity index (χ0) is 13.5. The van der Waals surface area contributed by atoms with Crippen LogP contribution in [0.1, 0.15) is 53.7 Å². The molecule has 1 unspecified atom stereocenters. The van der Waals surface area contributed by atoms with Crippen LogP contribution in [0.2, 0.25) is 0 Å². The molecule has 0 saturated carbocycles. The van der Waals surface area contributed by atoms with E-state index in [0.717, 1.165) is 30.4 Å². The summed E-state index contributed by atoms with van der Waals surface area (Å²) in [5.74, 6) is -0.340. The van der Waals surface area contributed by atoms with Crippen LogP contribution in [-0.2, 0) is 9.53 Å². The van der Waals surface area contributed by atoms with Crippen molar-refractivity contribution in [3.8, 4) is 0 Å². The number of methoxy groups -OCH3 is 1. The first-order valence-corrected chi connectivity index (χ1v) is 6.12. The van der Waals surface area contributed by atoms with E-state index in [9.17, 15) is 9.59 Å². The van der Waals surface area contributed by atoms with Gasteiger partial charge in [-0.3, -0.25) is 4.98 Å². The number of hydrogen-bond donors (Lipinski definition) is 0. The summed E-state index contributed by atoms with van der Waals surface area (Å²) in [7, 11) is 1.35. The molecule has 0 aromatic carbocycles. The molecule has 4 heteroatoms. The van der Waals surface area contributed by atoms with Gasteiger partial charge in [-0.15, -0.1) is 0 Å². The largest absolute Gasteiger partial charge is 0.465 e. The zero-order valence-electron chi connectivity index (χ0n) is 11.1. The number of aromatic nitrogens is 1. The SMILES string of the molecule is CCCC(CC=O)c1cc(C)ncc1C(=O)OC. The third-order valence-corrected chi connectivity index (χ3v) is 2.94. The van der Waals surface area contributed by atoms with Crippen LogP contribution >= 0.6 is 0 Å². The van der Waals surface area contributed by atoms with Gasteiger partial charge >= 0.3 is 5.97 Å². The van der Waals surface area contributed by atoms with E-state index in [1.807, 2.05) is 13.0 Å². The topological polar surface area (TPSA) is 56.3 Å². The fraction of sp³-hybridized carbons (Fsp3) is 0.500. The second-order valence-electron chi connectivity index (χ2n) is 4.29. The van der Waals surface area contributed by atoms with Crippen molar-refractivity contribution in [2.24, 2.45) is 0 Å². The third kappa shape index (κ3) is 3.39. The molecule has 0 fully saturated rings. The van der Waals surface area contributed by atoms with Crippen LogP contribution < -0.4 is 0 Å². The van der Waals surface area contributed by atoms with Crippen molar-refractivity contribution < 1.29 is 14.3 Å². The number of pyridine rings is 1. The summed E-state index contributed by atoms with van der Waals surface area (Å²) in [5, 5.41) is 0. The summed E-state index contributed by atoms with van der Waals surface area (Å²) in [6.45, 7) is 3.93. The van der Waals surface area contributed by atoms with Crippen molar-refractivity contribution in [1.82, 2.24) is 4.98 Å². The van der Waals surface area contributed by atoms with Crippen LogP contribution in [0.15, 0.2) is 12.3 Å². The molecular formula is C14H19NO3. The smallest absolute Gasteiger partial charge is 0.339 e. The Labute approximate surface area is 107 Å². The van der Waals surface area contributed by atoms with Gasteiger partial charge in [0.2, 0.25) is 0 Å². The first-order valence-electron chi connectivity index (χ1n) is 6.12. The zero-order valence-corrected chi connectivity index (χ0v) is 11.1. The number of aldehydes is 1. The first kappa shape index (κ1) is 14.4. The van der Waals surface area contributed by atoms with E-state index in [-0.39, 0.29) is 5.92 Å². The molecule has 1 atom stereocenters. The monoisotopic (exact) mass is 249 g/mol. The van der Waals surface area contributed by atoms with Crippen LogP contribution in [0.4, 0.5) is 0 Å². The molecule has 0 aliphatic heterocycles. The molecular weight excluding hydrogens is 230 g/mol. The maximum atomic E-state index is 11.7. The minimum absolute atomic E-state index is 0.0586. The summed E-state index contributed by atoms with van der Waals surface area (Å²) >= 11 is 0. The predicted octanol–water partition coefficient (Wildman–Crippen LogP) is 2.65. The highest BCUT2D eigenvalue weighted by molar-refractivity contribution is 5.91. The number of hydrogen-bond acceptors (Lipinski definition) is 4. The molecule has 1 aromatic heterocycles. The lowest BCUT2D eigenvalue weighted by Crippen LogP contribution is -2.11. The molecule has 4 nitrogen and oxygen atoms in total. The Balaban J connectivity index is 3.20. The number of aryl methyl sites for hydroxylation is 1. The lowest BCUT2D eigenvalue weighted by molar-refractivity contribution is -0.108. The van der Waals surface area contributed by atoms with Gasteiger partial charge in [0.1, 0.15) is 6.29 Å². The maximum absolute atomic E-state index is 11.7. The number of esters is 1. The Morgan fingerprint density at radius 3 is 2.83 bits per heavy atom. The fourth-order valence-corrected chi connectivity index (χ4v) is 2.06. The Hall–Kier alpha value is -1.71. The van der Waals surface area contributed by atoms with E-state index < -0.39 is 5.97 Å². The highest BCUT2D eigenvalue weighted by Crippen LogP contribution is 2.27. The number of carbonyl (C=O) groups excluding carboxylic acids is 2. The van der Waals surface area contributed by atoms with E-state index in [4.69, 9.17) is 4.74 Å². The van der Waals surface area contributed by atoms with Crippen molar-refractivity contribution in [3.05, 3.63) is 29.1 Å². The number of rotatable bonds is 6. The average Bonchev–Trinajstić information content (AvgIpc) is 2.37. The van der Waals surface area contributed by atoms with Gasteiger partial charge in [-0.25, -0.2) is 4.79 Å². The molecule has 0 spiro atoms. The predicted molar refractivity (Wildman–Crippen MR) is 68.6 cm³/mol. The van der Waals surface area contributed by atoms with E-state index in [0.29, 0.717) is 12.0 Å². The van der Waals surface area contributed by atoms with Gasteiger partial charge in [-0.2, -0.15) is 0 Å². The third-order valence-electron chi connectivity index (χ3n) is 2.94. The minimum Gasteiger partial charge on any atom is -0.465 e. The van der Waals surface area contributed by atoms with Gasteiger partial charge in [-0.05, 0) is 30.9 Å². The summed E-state index contributed by atoms with van der Waals surface area (Å²) in [4.78, 5) is 26.6. The summed E-state index contributed by atoms with van der Waals surface area (Å²) in [6, 6.07) is 1.87. The van der Waals surface area contributed by atoms with Gasteiger partial charge in [0.15, 0.2) is 0 Å². The number of nitrogens with zero attached hydrogens (tertiary/aromatic N) is 1. The molecule has 1 heterocycles. The standard InChI is InChI=1S/C14H19NO3/c1-4-5-11(6-7-16)12-8-10(2)15-9-13(12)14(17)18-3/h7-9,11H,4-6H2,1-3H3. The molecule has 0 aliphatic carbocycles. The van der Waals surface area contributed by atoms with E-state index in [1.165, 1.54) is 13.3 Å². The van der Waals surface area contributed by atoms with Gasteiger partial charge in [0.25, 0.3) is 0 Å². The van der Waals surface area contributed by atoms with Crippen LogP contribution in [0.25, 0.3) is 0 Å². The average molecular weight is 249 g/mol. The maximum Gasteiger partial charge on any atom is 0.339 e. The molecule has 1 aromatic rings. The van der Waals surface area contributed by atoms with Crippen molar-refractivity contribution in [2.75, 3.05) is 7.11 Å². The second kappa shape index (κ2) is 6.89. The van der Waals surface area contributed by atoms with E-state index >= 15 is 0 Å². The Bertz CT molecular complexity index is 429. The molecule has 0 saturated heterocycles. The summed E-state index contributed by atoms with van der Waals surface area (Å²) < 4.78 is 4.76. The second-order valence-corrected chi connectivity index (χ2v) is 4.29. The normalized spacial score (nSPS) is 11.9. The molecule has 98 valence electrons. The van der Waals surface area contributed by atoms with Gasteiger partial charge in [0.05, 0.1) is 12.7 Å². The fourth-order valence-electron chi connectivity index (χ4n) is 2.06. The first-order chi connectivity index (χ1) is 8.63. The lowest BCUT2D eigenvalue weighted by atomic mass is 9.89. The van der Waals surface area contributed by atoms with Crippen LogP contribution in [0, 0.1) is 6.92 Å². The summed E-state index contributed by atoms with van der Waals surface area (Å²) in [6.07, 6.45) is 4.68. The van der Waals surface area contributed by atoms with Crippen molar-refractivity contribution in [2.45, 2.75) is 39.0 Å². The summed E-state index contributed by atoms with van der Waals surface area (Å²) in [5.41, 5.74) is 2.16. The van der Waals surface area contributed by atoms with Crippen LogP contribution in [-0.4, -0.2) is 24.3 Å². The van der Waals surface area contributed by atoms with Crippen molar-refractivity contribution >= 4 is 12.3 Å². The molecule has 0 bridgehead atoms.